The van der Waals surface area contributed by atoms with Gasteiger partial charge in [-0.2, -0.15) is 0 Å². The van der Waals surface area contributed by atoms with Crippen molar-refractivity contribution in [2.75, 3.05) is 13.1 Å². The lowest BCUT2D eigenvalue weighted by atomic mass is 10.2. The van der Waals surface area contributed by atoms with E-state index in [0.29, 0.717) is 6.04 Å². The van der Waals surface area contributed by atoms with Crippen molar-refractivity contribution in [3.63, 3.8) is 0 Å². The molecule has 0 saturated carbocycles. The molecule has 0 radical (unpaired) electrons. The Morgan fingerprint density at radius 1 is 1.62 bits per heavy atom. The van der Waals surface area contributed by atoms with Crippen LogP contribution in [0.15, 0.2) is 12.1 Å². The van der Waals surface area contributed by atoms with Gasteiger partial charge in [-0.15, -0.1) is 23.7 Å². The van der Waals surface area contributed by atoms with E-state index in [1.54, 1.807) is 11.3 Å². The smallest absolute Gasteiger partial charge is 0.261 e. The number of carbonyl (C=O) groups excluding carboxylic acids is 1. The summed E-state index contributed by atoms with van der Waals surface area (Å²) in [6, 6.07) is 4.33. The number of thiophene rings is 1. The third-order valence-electron chi connectivity index (χ3n) is 2.64. The molecule has 1 amide bonds. The van der Waals surface area contributed by atoms with Gasteiger partial charge in [0.2, 0.25) is 0 Å². The molecule has 5 heteroatoms. The lowest BCUT2D eigenvalue weighted by Crippen LogP contribution is -2.36. The van der Waals surface area contributed by atoms with Crippen LogP contribution in [-0.2, 0) is 0 Å². The summed E-state index contributed by atoms with van der Waals surface area (Å²) in [6.07, 6.45) is 2.39. The third kappa shape index (κ3) is 3.47. The van der Waals surface area contributed by atoms with Crippen LogP contribution in [-0.4, -0.2) is 25.0 Å². The maximum absolute atomic E-state index is 11.7. The number of hydrogen-bond acceptors (Lipinski definition) is 3. The highest BCUT2D eigenvalue weighted by atomic mass is 35.5. The zero-order valence-electron chi connectivity index (χ0n) is 9.29. The zero-order valence-corrected chi connectivity index (χ0v) is 10.9. The van der Waals surface area contributed by atoms with Gasteiger partial charge in [0.1, 0.15) is 0 Å². The Morgan fingerprint density at radius 2 is 2.44 bits per heavy atom. The fourth-order valence-electron chi connectivity index (χ4n) is 1.79. The van der Waals surface area contributed by atoms with Gasteiger partial charge < -0.3 is 10.6 Å². The summed E-state index contributed by atoms with van der Waals surface area (Å²) >= 11 is 1.55. The van der Waals surface area contributed by atoms with Crippen molar-refractivity contribution in [2.45, 2.75) is 25.8 Å². The monoisotopic (exact) mass is 260 g/mol. The average Bonchev–Trinajstić information content (AvgIpc) is 2.84. The second-order valence-electron chi connectivity index (χ2n) is 3.91. The van der Waals surface area contributed by atoms with Crippen molar-refractivity contribution in [2.24, 2.45) is 0 Å². The first kappa shape index (κ1) is 13.5. The van der Waals surface area contributed by atoms with Gasteiger partial charge in [-0.05, 0) is 38.4 Å². The zero-order chi connectivity index (χ0) is 10.7. The van der Waals surface area contributed by atoms with E-state index in [4.69, 9.17) is 0 Å². The molecule has 2 rings (SSSR count). The van der Waals surface area contributed by atoms with Gasteiger partial charge in [0.05, 0.1) is 4.88 Å². The Hall–Kier alpha value is -0.580. The topological polar surface area (TPSA) is 41.1 Å². The van der Waals surface area contributed by atoms with Crippen molar-refractivity contribution in [3.05, 3.63) is 21.9 Å². The fraction of sp³-hybridized carbons (Fsp3) is 0.545. The van der Waals surface area contributed by atoms with E-state index in [2.05, 4.69) is 10.6 Å². The molecule has 2 N–H and O–H groups in total. The summed E-state index contributed by atoms with van der Waals surface area (Å²) < 4.78 is 0. The van der Waals surface area contributed by atoms with E-state index in [1.165, 1.54) is 17.7 Å². The molecule has 0 aliphatic carbocycles. The lowest BCUT2D eigenvalue weighted by molar-refractivity contribution is 0.0954. The highest BCUT2D eigenvalue weighted by molar-refractivity contribution is 7.13. The second-order valence-corrected chi connectivity index (χ2v) is 5.20. The first-order valence-electron chi connectivity index (χ1n) is 5.34. The van der Waals surface area contributed by atoms with Crippen LogP contribution in [0.3, 0.4) is 0 Å². The minimum absolute atomic E-state index is 0. The molecule has 1 aliphatic rings. The van der Waals surface area contributed by atoms with E-state index in [-0.39, 0.29) is 18.3 Å². The van der Waals surface area contributed by atoms with E-state index in [9.17, 15) is 4.79 Å². The summed E-state index contributed by atoms with van der Waals surface area (Å²) in [5.74, 6) is 0.0572. The Morgan fingerprint density at radius 3 is 3.00 bits per heavy atom. The number of halogens is 1. The molecule has 90 valence electrons. The third-order valence-corrected chi connectivity index (χ3v) is 3.63. The lowest BCUT2D eigenvalue weighted by Gasteiger charge is -2.10. The number of carbonyl (C=O) groups is 1. The van der Waals surface area contributed by atoms with Crippen LogP contribution in [0.4, 0.5) is 0 Å². The highest BCUT2D eigenvalue weighted by Gasteiger charge is 2.15. The van der Waals surface area contributed by atoms with Crippen molar-refractivity contribution in [1.29, 1.82) is 0 Å². The molecule has 1 aliphatic heterocycles. The Kier molecular flexibility index (Phi) is 5.25. The molecule has 1 aromatic heterocycles. The molecular weight excluding hydrogens is 244 g/mol. The fourth-order valence-corrected chi connectivity index (χ4v) is 2.57. The van der Waals surface area contributed by atoms with Gasteiger partial charge in [0.15, 0.2) is 0 Å². The summed E-state index contributed by atoms with van der Waals surface area (Å²) in [5, 5.41) is 6.32. The number of rotatable bonds is 3. The predicted molar refractivity (Wildman–Crippen MR) is 69.7 cm³/mol. The van der Waals surface area contributed by atoms with Crippen LogP contribution < -0.4 is 10.6 Å². The predicted octanol–water partition coefficient (Wildman–Crippen LogP) is 1.96. The van der Waals surface area contributed by atoms with Gasteiger partial charge >= 0.3 is 0 Å². The van der Waals surface area contributed by atoms with Crippen LogP contribution in [0.2, 0.25) is 0 Å². The first-order valence-corrected chi connectivity index (χ1v) is 6.15. The Balaban J connectivity index is 0.00000128. The molecule has 1 fully saturated rings. The molecule has 1 unspecified atom stereocenters. The van der Waals surface area contributed by atoms with Crippen LogP contribution in [0.1, 0.15) is 27.4 Å². The molecule has 0 aromatic carbocycles. The second kappa shape index (κ2) is 6.23. The summed E-state index contributed by atoms with van der Waals surface area (Å²) in [5.41, 5.74) is 0. The van der Waals surface area contributed by atoms with Crippen molar-refractivity contribution in [1.82, 2.24) is 10.6 Å². The quantitative estimate of drug-likeness (QED) is 0.872. The van der Waals surface area contributed by atoms with Gasteiger partial charge in [0.25, 0.3) is 5.91 Å². The van der Waals surface area contributed by atoms with Crippen molar-refractivity contribution >= 4 is 29.7 Å². The van der Waals surface area contributed by atoms with Gasteiger partial charge in [0, 0.05) is 17.5 Å². The molecule has 0 bridgehead atoms. The van der Waals surface area contributed by atoms with Crippen molar-refractivity contribution in [3.8, 4) is 0 Å². The number of nitrogens with one attached hydrogen (secondary N) is 2. The molecule has 0 spiro atoms. The summed E-state index contributed by atoms with van der Waals surface area (Å²) in [7, 11) is 0. The van der Waals surface area contributed by atoms with E-state index < -0.39 is 0 Å². The number of aryl methyl sites for hydroxylation is 1. The minimum atomic E-state index is 0. The van der Waals surface area contributed by atoms with Crippen molar-refractivity contribution < 1.29 is 4.79 Å². The standard InChI is InChI=1S/C11H16N2OS.ClH/c1-8-4-5-10(15-8)11(14)13-7-9-3-2-6-12-9;/h4-5,9,12H,2-3,6-7H2,1H3,(H,13,14);1H. The average molecular weight is 261 g/mol. The molecule has 16 heavy (non-hydrogen) atoms. The SMILES string of the molecule is Cc1ccc(C(=O)NCC2CCCN2)s1.Cl. The maximum atomic E-state index is 11.7. The largest absolute Gasteiger partial charge is 0.350 e. The van der Waals surface area contributed by atoms with Gasteiger partial charge in [-0.25, -0.2) is 0 Å². The van der Waals surface area contributed by atoms with Crippen LogP contribution in [0, 0.1) is 6.92 Å². The van der Waals surface area contributed by atoms with E-state index in [1.807, 2.05) is 19.1 Å². The minimum Gasteiger partial charge on any atom is -0.350 e. The molecule has 3 nitrogen and oxygen atoms in total. The number of hydrogen-bond donors (Lipinski definition) is 2. The Labute approximate surface area is 106 Å². The van der Waals surface area contributed by atoms with Gasteiger partial charge in [-0.3, -0.25) is 4.79 Å². The van der Waals surface area contributed by atoms with Crippen LogP contribution >= 0.6 is 23.7 Å². The molecule has 2 heterocycles. The summed E-state index contributed by atoms with van der Waals surface area (Å²) in [6.45, 7) is 3.84. The van der Waals surface area contributed by atoms with Gasteiger partial charge in [-0.1, -0.05) is 0 Å². The van der Waals surface area contributed by atoms with Crippen LogP contribution in [0.5, 0.6) is 0 Å². The highest BCUT2D eigenvalue weighted by Crippen LogP contribution is 2.14. The maximum Gasteiger partial charge on any atom is 0.261 e. The molecule has 1 saturated heterocycles. The normalized spacial score (nSPS) is 19.2. The van der Waals surface area contributed by atoms with E-state index in [0.717, 1.165) is 18.0 Å². The summed E-state index contributed by atoms with van der Waals surface area (Å²) in [4.78, 5) is 13.7. The van der Waals surface area contributed by atoms with Crippen LogP contribution in [0.25, 0.3) is 0 Å². The first-order chi connectivity index (χ1) is 7.25. The molecule has 1 atom stereocenters. The molecular formula is C11H17ClN2OS. The Bertz CT molecular complexity index is 348. The number of amides is 1. The molecule has 1 aromatic rings. The van der Waals surface area contributed by atoms with E-state index >= 15 is 0 Å².